The molecule has 0 saturated carbocycles. The molecule has 0 N–H and O–H groups in total. The molecule has 5 nitrogen and oxygen atoms in total. The molecule has 0 bridgehead atoms. The zero-order valence-corrected chi connectivity index (χ0v) is 8.01. The Morgan fingerprint density at radius 3 is 2.53 bits per heavy atom. The highest BCUT2D eigenvalue weighted by molar-refractivity contribution is 5.99. The van der Waals surface area contributed by atoms with Gasteiger partial charge in [0.05, 0.1) is 0 Å². The lowest BCUT2D eigenvalue weighted by Gasteiger charge is -2.14. The van der Waals surface area contributed by atoms with Crippen molar-refractivity contribution < 1.29 is 14.3 Å². The fourth-order valence-electron chi connectivity index (χ4n) is 1.22. The van der Waals surface area contributed by atoms with Crippen molar-refractivity contribution in [2.75, 3.05) is 0 Å². The van der Waals surface area contributed by atoms with Crippen LogP contribution in [0, 0.1) is 0 Å². The molecule has 0 radical (unpaired) electrons. The number of esters is 1. The van der Waals surface area contributed by atoms with E-state index in [0.717, 1.165) is 6.40 Å². The van der Waals surface area contributed by atoms with Crippen LogP contribution in [0.25, 0.3) is 0 Å². The quantitative estimate of drug-likeness (QED) is 0.431. The highest BCUT2D eigenvalue weighted by atomic mass is 16.5. The van der Waals surface area contributed by atoms with Crippen molar-refractivity contribution in [2.24, 2.45) is 4.99 Å². The standard InChI is InChI=1S/C10H8N2O3/c1-7(13)12-4-2-8(3-5-12)9-10(14)15-6-11-9/h2-6H,1H3. The fourth-order valence-corrected chi connectivity index (χ4v) is 1.22. The predicted octanol–water partition coefficient (Wildman–Crippen LogP) is 0.715. The zero-order chi connectivity index (χ0) is 10.8. The van der Waals surface area contributed by atoms with Crippen LogP contribution in [-0.2, 0) is 14.3 Å². The maximum absolute atomic E-state index is 11.1. The smallest absolute Gasteiger partial charge is 0.363 e. The third kappa shape index (κ3) is 1.71. The average Bonchev–Trinajstić information content (AvgIpc) is 2.65. The zero-order valence-electron chi connectivity index (χ0n) is 8.01. The van der Waals surface area contributed by atoms with Gasteiger partial charge in [-0.1, -0.05) is 0 Å². The Kier molecular flexibility index (Phi) is 2.21. The molecule has 2 aliphatic heterocycles. The van der Waals surface area contributed by atoms with Crippen molar-refractivity contribution in [3.8, 4) is 0 Å². The molecule has 0 aliphatic carbocycles. The fraction of sp³-hybridized carbons (Fsp3) is 0.100. The molecule has 0 unspecified atom stereocenters. The van der Waals surface area contributed by atoms with E-state index in [1.807, 2.05) is 0 Å². The van der Waals surface area contributed by atoms with Gasteiger partial charge in [-0.05, 0) is 12.2 Å². The normalized spacial score (nSPS) is 18.7. The largest absolute Gasteiger partial charge is 0.410 e. The Labute approximate surface area is 86.0 Å². The molecule has 0 aromatic heterocycles. The lowest BCUT2D eigenvalue weighted by atomic mass is 10.1. The maximum Gasteiger partial charge on any atom is 0.363 e. The van der Waals surface area contributed by atoms with Crippen LogP contribution in [0.15, 0.2) is 40.8 Å². The van der Waals surface area contributed by atoms with Crippen molar-refractivity contribution in [1.82, 2.24) is 4.90 Å². The number of cyclic esters (lactones) is 1. The van der Waals surface area contributed by atoms with Crippen LogP contribution in [0.2, 0.25) is 0 Å². The summed E-state index contributed by atoms with van der Waals surface area (Å²) in [4.78, 5) is 27.3. The molecule has 15 heavy (non-hydrogen) atoms. The first-order valence-electron chi connectivity index (χ1n) is 4.31. The van der Waals surface area contributed by atoms with Gasteiger partial charge in [-0.25, -0.2) is 9.79 Å². The molecule has 0 atom stereocenters. The minimum absolute atomic E-state index is 0.0935. The van der Waals surface area contributed by atoms with Crippen LogP contribution in [0.3, 0.4) is 0 Å². The van der Waals surface area contributed by atoms with E-state index < -0.39 is 5.97 Å². The van der Waals surface area contributed by atoms with E-state index in [1.54, 1.807) is 24.6 Å². The summed E-state index contributed by atoms with van der Waals surface area (Å²) in [6.45, 7) is 1.45. The number of rotatable bonds is 0. The Hall–Kier alpha value is -2.17. The van der Waals surface area contributed by atoms with Crippen LogP contribution < -0.4 is 0 Å². The van der Waals surface area contributed by atoms with Crippen LogP contribution in [0.4, 0.5) is 0 Å². The number of allylic oxidation sites excluding steroid dienone is 3. The van der Waals surface area contributed by atoms with Gasteiger partial charge in [0.15, 0.2) is 12.1 Å². The van der Waals surface area contributed by atoms with Crippen LogP contribution in [0.1, 0.15) is 6.92 Å². The first-order valence-corrected chi connectivity index (χ1v) is 4.31. The number of aliphatic imine (C=N–C) groups is 1. The summed E-state index contributed by atoms with van der Waals surface area (Å²) < 4.78 is 4.56. The van der Waals surface area contributed by atoms with Gasteiger partial charge in [0.25, 0.3) is 0 Å². The third-order valence-corrected chi connectivity index (χ3v) is 2.00. The number of ether oxygens (including phenoxy) is 1. The molecule has 2 aliphatic rings. The third-order valence-electron chi connectivity index (χ3n) is 2.00. The number of carbonyl (C=O) groups excluding carboxylic acids is 2. The summed E-state index contributed by atoms with van der Waals surface area (Å²) in [5.74, 6) is -0.570. The minimum atomic E-state index is -0.476. The van der Waals surface area contributed by atoms with Gasteiger partial charge >= 0.3 is 5.97 Å². The molecule has 0 saturated heterocycles. The van der Waals surface area contributed by atoms with Gasteiger partial charge in [-0.3, -0.25) is 9.69 Å². The monoisotopic (exact) mass is 204 g/mol. The van der Waals surface area contributed by atoms with E-state index in [4.69, 9.17) is 0 Å². The van der Waals surface area contributed by atoms with E-state index in [9.17, 15) is 9.59 Å². The number of hydrogen-bond acceptors (Lipinski definition) is 4. The number of amides is 1. The lowest BCUT2D eigenvalue weighted by molar-refractivity contribution is -0.129. The average molecular weight is 204 g/mol. The summed E-state index contributed by atoms with van der Waals surface area (Å²) in [7, 11) is 0. The molecular weight excluding hydrogens is 196 g/mol. The Bertz CT molecular complexity index is 428. The summed E-state index contributed by atoms with van der Waals surface area (Å²) in [5.41, 5.74) is 0.886. The second kappa shape index (κ2) is 3.53. The first kappa shape index (κ1) is 9.39. The van der Waals surface area contributed by atoms with Crippen molar-refractivity contribution >= 4 is 18.3 Å². The first-order chi connectivity index (χ1) is 7.18. The van der Waals surface area contributed by atoms with Gasteiger partial charge in [-0.2, -0.15) is 0 Å². The minimum Gasteiger partial charge on any atom is -0.410 e. The van der Waals surface area contributed by atoms with Crippen molar-refractivity contribution in [3.63, 3.8) is 0 Å². The van der Waals surface area contributed by atoms with Gasteiger partial charge in [-0.15, -0.1) is 0 Å². The molecule has 5 heteroatoms. The Balaban J connectivity index is 2.27. The molecule has 0 aromatic carbocycles. The second-order valence-corrected chi connectivity index (χ2v) is 3.00. The van der Waals surface area contributed by atoms with E-state index in [2.05, 4.69) is 9.73 Å². The maximum atomic E-state index is 11.1. The topological polar surface area (TPSA) is 59.0 Å². The summed E-state index contributed by atoms with van der Waals surface area (Å²) >= 11 is 0. The highest BCUT2D eigenvalue weighted by Crippen LogP contribution is 2.18. The number of hydrogen-bond donors (Lipinski definition) is 0. The van der Waals surface area contributed by atoms with Crippen LogP contribution >= 0.6 is 0 Å². The number of carbonyl (C=O) groups is 2. The van der Waals surface area contributed by atoms with Crippen LogP contribution in [0.5, 0.6) is 0 Å². The van der Waals surface area contributed by atoms with Gasteiger partial charge in [0, 0.05) is 24.9 Å². The molecule has 2 rings (SSSR count). The molecule has 1 amide bonds. The van der Waals surface area contributed by atoms with E-state index in [1.165, 1.54) is 11.8 Å². The SMILES string of the molecule is CC(=O)N1C=CC(=C2N=COC2=O)C=C1. The van der Waals surface area contributed by atoms with Crippen molar-refractivity contribution in [2.45, 2.75) is 6.92 Å². The summed E-state index contributed by atoms with van der Waals surface area (Å²) in [6, 6.07) is 0. The van der Waals surface area contributed by atoms with E-state index in [-0.39, 0.29) is 11.6 Å². The van der Waals surface area contributed by atoms with Crippen LogP contribution in [-0.4, -0.2) is 23.2 Å². The number of nitrogens with zero attached hydrogens (tertiary/aromatic N) is 2. The second-order valence-electron chi connectivity index (χ2n) is 3.00. The Morgan fingerprint density at radius 1 is 1.40 bits per heavy atom. The summed E-state index contributed by atoms with van der Waals surface area (Å²) in [6.07, 6.45) is 7.53. The Morgan fingerprint density at radius 2 is 2.07 bits per heavy atom. The van der Waals surface area contributed by atoms with Crippen molar-refractivity contribution in [1.29, 1.82) is 0 Å². The van der Waals surface area contributed by atoms with Gasteiger partial charge < -0.3 is 4.74 Å². The molecule has 0 fully saturated rings. The van der Waals surface area contributed by atoms with Gasteiger partial charge in [0.2, 0.25) is 5.91 Å². The predicted molar refractivity (Wildman–Crippen MR) is 52.4 cm³/mol. The van der Waals surface area contributed by atoms with Crippen molar-refractivity contribution in [3.05, 3.63) is 35.8 Å². The highest BCUT2D eigenvalue weighted by Gasteiger charge is 2.19. The molecule has 2 heterocycles. The van der Waals surface area contributed by atoms with Gasteiger partial charge in [0.1, 0.15) is 0 Å². The van der Waals surface area contributed by atoms with E-state index in [0.29, 0.717) is 5.57 Å². The van der Waals surface area contributed by atoms with E-state index >= 15 is 0 Å². The summed E-state index contributed by atoms with van der Waals surface area (Å²) in [5, 5.41) is 0. The molecule has 0 spiro atoms. The molecule has 76 valence electrons. The molecule has 0 aromatic rings. The molecular formula is C10H8N2O3. The lowest BCUT2D eigenvalue weighted by Crippen LogP contribution is -2.17.